The number of benzene rings is 1. The summed E-state index contributed by atoms with van der Waals surface area (Å²) in [4.78, 5) is 23.0. The second kappa shape index (κ2) is 13.9. The molecule has 156 valence electrons. The third-order valence-electron chi connectivity index (χ3n) is 4.04. The van der Waals surface area contributed by atoms with Crippen LogP contribution in [0.4, 0.5) is 0 Å². The number of ether oxygens (including phenoxy) is 1. The Morgan fingerprint density at radius 1 is 1.11 bits per heavy atom. The lowest BCUT2D eigenvalue weighted by Crippen LogP contribution is -2.51. The minimum Gasteiger partial charge on any atom is -0.473 e. The monoisotopic (exact) mass is 411 g/mol. The number of aliphatic carboxylic acids is 2. The Kier molecular flexibility index (Phi) is 11.8. The fraction of sp³-hybridized carbons (Fsp3) is 0.526. The highest BCUT2D eigenvalue weighted by Crippen LogP contribution is 2.08. The number of hydrogen-bond donors (Lipinski definition) is 3. The molecule has 0 bridgehead atoms. The van der Waals surface area contributed by atoms with Gasteiger partial charge in [0.05, 0.1) is 0 Å². The first kappa shape index (κ1) is 23.8. The van der Waals surface area contributed by atoms with E-state index in [1.807, 2.05) is 6.92 Å². The lowest BCUT2D eigenvalue weighted by Gasteiger charge is -2.36. The highest BCUT2D eigenvalue weighted by molar-refractivity contribution is 7.80. The summed E-state index contributed by atoms with van der Waals surface area (Å²) in [6.07, 6.45) is 1.00. The molecule has 0 spiro atoms. The topological polar surface area (TPSA) is 102 Å². The van der Waals surface area contributed by atoms with Gasteiger partial charge in [-0.1, -0.05) is 30.3 Å². The first-order valence-corrected chi connectivity index (χ1v) is 9.67. The van der Waals surface area contributed by atoms with Crippen molar-refractivity contribution in [2.75, 3.05) is 45.9 Å². The summed E-state index contributed by atoms with van der Waals surface area (Å²) in [5.74, 6) is -3.65. The predicted molar refractivity (Wildman–Crippen MR) is 110 cm³/mol. The number of rotatable bonds is 7. The molecule has 0 saturated carbocycles. The Bertz CT molecular complexity index is 595. The van der Waals surface area contributed by atoms with E-state index in [0.717, 1.165) is 64.0 Å². The molecular formula is C19H29N3O5S. The molecule has 1 saturated heterocycles. The molecule has 28 heavy (non-hydrogen) atoms. The number of carboxylic acids is 2. The average Bonchev–Trinajstić information content (AvgIpc) is 2.69. The van der Waals surface area contributed by atoms with Crippen molar-refractivity contribution < 1.29 is 24.5 Å². The molecule has 1 fully saturated rings. The highest BCUT2D eigenvalue weighted by Gasteiger charge is 2.18. The number of nitrogens with zero attached hydrogens (tertiary/aromatic N) is 2. The smallest absolute Gasteiger partial charge is 0.414 e. The summed E-state index contributed by atoms with van der Waals surface area (Å²) >= 11 is 5.48. The molecular weight excluding hydrogens is 382 g/mol. The van der Waals surface area contributed by atoms with Crippen molar-refractivity contribution in [2.24, 2.45) is 0 Å². The van der Waals surface area contributed by atoms with Gasteiger partial charge in [0.1, 0.15) is 0 Å². The van der Waals surface area contributed by atoms with Gasteiger partial charge >= 0.3 is 11.9 Å². The Hall–Kier alpha value is -2.23. The summed E-state index contributed by atoms with van der Waals surface area (Å²) in [6.45, 7) is 9.67. The molecule has 0 amide bonds. The SMILES string of the molecule is CCOCCCNC(=S)N1CCN(Cc2ccccc2)CC1.O=C(O)C(=O)O. The fourth-order valence-electron chi connectivity index (χ4n) is 2.58. The molecule has 0 radical (unpaired) electrons. The van der Waals surface area contributed by atoms with E-state index in [1.54, 1.807) is 0 Å². The zero-order chi connectivity index (χ0) is 20.8. The third kappa shape index (κ3) is 10.2. The van der Waals surface area contributed by atoms with Crippen LogP contribution in [0.5, 0.6) is 0 Å². The number of thiocarbonyl (C=S) groups is 1. The number of hydrogen-bond acceptors (Lipinski definition) is 5. The predicted octanol–water partition coefficient (Wildman–Crippen LogP) is 1.26. The van der Waals surface area contributed by atoms with Gasteiger partial charge in [-0.3, -0.25) is 4.90 Å². The molecule has 0 unspecified atom stereocenters. The first-order valence-electron chi connectivity index (χ1n) is 9.27. The van der Waals surface area contributed by atoms with Crippen LogP contribution < -0.4 is 5.32 Å². The minimum atomic E-state index is -1.82. The van der Waals surface area contributed by atoms with Crippen LogP contribution in [0.2, 0.25) is 0 Å². The molecule has 3 N–H and O–H groups in total. The maximum absolute atomic E-state index is 9.10. The number of carboxylic acid groups (broad SMARTS) is 2. The lowest BCUT2D eigenvalue weighted by molar-refractivity contribution is -0.159. The van der Waals surface area contributed by atoms with Crippen molar-refractivity contribution in [2.45, 2.75) is 19.9 Å². The zero-order valence-corrected chi connectivity index (χ0v) is 17.0. The standard InChI is InChI=1S/C17H27N3OS.C2H2O4/c1-2-21-14-6-9-18-17(22)20-12-10-19(11-13-20)15-16-7-4-3-5-8-16;3-1(4)2(5)6/h3-5,7-8H,2,6,9-15H2,1H3,(H,18,22);(H,3,4)(H,5,6). The number of nitrogens with one attached hydrogen (secondary N) is 1. The minimum absolute atomic E-state index is 0.786. The van der Waals surface area contributed by atoms with Crippen LogP contribution in [-0.4, -0.2) is 83.0 Å². The van der Waals surface area contributed by atoms with E-state index in [1.165, 1.54) is 5.56 Å². The molecule has 1 aliphatic heterocycles. The number of carbonyl (C=O) groups is 2. The van der Waals surface area contributed by atoms with Crippen molar-refractivity contribution in [3.8, 4) is 0 Å². The van der Waals surface area contributed by atoms with Gasteiger partial charge in [0.25, 0.3) is 0 Å². The van der Waals surface area contributed by atoms with Crippen LogP contribution in [0.3, 0.4) is 0 Å². The summed E-state index contributed by atoms with van der Waals surface area (Å²) < 4.78 is 5.33. The van der Waals surface area contributed by atoms with E-state index in [9.17, 15) is 0 Å². The molecule has 8 nitrogen and oxygen atoms in total. The molecule has 0 atom stereocenters. The van der Waals surface area contributed by atoms with E-state index in [-0.39, 0.29) is 0 Å². The molecule has 2 rings (SSSR count). The first-order chi connectivity index (χ1) is 13.4. The Labute approximate surface area is 171 Å². The lowest BCUT2D eigenvalue weighted by atomic mass is 10.2. The van der Waals surface area contributed by atoms with Crippen LogP contribution in [-0.2, 0) is 20.9 Å². The van der Waals surface area contributed by atoms with Crippen LogP contribution in [0.1, 0.15) is 18.9 Å². The van der Waals surface area contributed by atoms with Gasteiger partial charge in [0, 0.05) is 52.5 Å². The molecule has 0 aliphatic carbocycles. The maximum Gasteiger partial charge on any atom is 0.414 e. The quantitative estimate of drug-likeness (QED) is 0.348. The summed E-state index contributed by atoms with van der Waals surface area (Å²) in [7, 11) is 0. The number of piperazine rings is 1. The van der Waals surface area contributed by atoms with Gasteiger partial charge < -0.3 is 25.2 Å². The molecule has 9 heteroatoms. The Morgan fingerprint density at radius 2 is 1.71 bits per heavy atom. The van der Waals surface area contributed by atoms with Gasteiger partial charge in [-0.2, -0.15) is 0 Å². The third-order valence-corrected chi connectivity index (χ3v) is 4.44. The average molecular weight is 412 g/mol. The second-order valence-electron chi connectivity index (χ2n) is 6.14. The van der Waals surface area contributed by atoms with Crippen molar-refractivity contribution in [1.29, 1.82) is 0 Å². The maximum atomic E-state index is 9.10. The van der Waals surface area contributed by atoms with Crippen molar-refractivity contribution in [3.63, 3.8) is 0 Å². The summed E-state index contributed by atoms with van der Waals surface area (Å²) in [6, 6.07) is 10.7. The summed E-state index contributed by atoms with van der Waals surface area (Å²) in [5, 5.41) is 19.0. The fourth-order valence-corrected chi connectivity index (χ4v) is 2.86. The molecule has 1 heterocycles. The van der Waals surface area contributed by atoms with E-state index in [2.05, 4.69) is 45.4 Å². The van der Waals surface area contributed by atoms with E-state index in [4.69, 9.17) is 36.8 Å². The zero-order valence-electron chi connectivity index (χ0n) is 16.2. The molecule has 0 aromatic heterocycles. The highest BCUT2D eigenvalue weighted by atomic mass is 32.1. The van der Waals surface area contributed by atoms with Crippen LogP contribution >= 0.6 is 12.2 Å². The van der Waals surface area contributed by atoms with E-state index in [0.29, 0.717) is 0 Å². The van der Waals surface area contributed by atoms with Gasteiger partial charge in [0.2, 0.25) is 0 Å². The van der Waals surface area contributed by atoms with E-state index < -0.39 is 11.9 Å². The normalized spacial score (nSPS) is 14.0. The van der Waals surface area contributed by atoms with Crippen molar-refractivity contribution >= 4 is 29.3 Å². The van der Waals surface area contributed by atoms with Crippen LogP contribution in [0.15, 0.2) is 30.3 Å². The molecule has 1 aromatic rings. The van der Waals surface area contributed by atoms with Gasteiger partial charge in [-0.05, 0) is 31.1 Å². The summed E-state index contributed by atoms with van der Waals surface area (Å²) in [5.41, 5.74) is 1.38. The van der Waals surface area contributed by atoms with Crippen molar-refractivity contribution in [3.05, 3.63) is 35.9 Å². The second-order valence-corrected chi connectivity index (χ2v) is 6.53. The van der Waals surface area contributed by atoms with Crippen LogP contribution in [0, 0.1) is 0 Å². The Balaban J connectivity index is 0.000000568. The Morgan fingerprint density at radius 3 is 2.25 bits per heavy atom. The molecule has 1 aliphatic rings. The van der Waals surface area contributed by atoms with Gasteiger partial charge in [-0.15, -0.1) is 0 Å². The van der Waals surface area contributed by atoms with Gasteiger partial charge in [-0.25, -0.2) is 9.59 Å². The largest absolute Gasteiger partial charge is 0.473 e. The van der Waals surface area contributed by atoms with Crippen molar-refractivity contribution in [1.82, 2.24) is 15.1 Å². The molecule has 1 aromatic carbocycles. The van der Waals surface area contributed by atoms with E-state index >= 15 is 0 Å². The van der Waals surface area contributed by atoms with Crippen LogP contribution in [0.25, 0.3) is 0 Å². The van der Waals surface area contributed by atoms with Gasteiger partial charge in [0.15, 0.2) is 5.11 Å².